The predicted octanol–water partition coefficient (Wildman–Crippen LogP) is 6.69. The zero-order valence-corrected chi connectivity index (χ0v) is 21.6. The molecule has 188 valence electrons. The topological polar surface area (TPSA) is 84.9 Å². The summed E-state index contributed by atoms with van der Waals surface area (Å²) in [6.45, 7) is 9.23. The van der Waals surface area contributed by atoms with Crippen LogP contribution in [0.25, 0.3) is 0 Å². The first-order valence-corrected chi connectivity index (χ1v) is 12.1. The summed E-state index contributed by atoms with van der Waals surface area (Å²) in [6, 6.07) is 11.4. The average molecular weight is 481 g/mol. The standard InChI is InChI=1S/C14H21NO3.C14H15NO2/c1-10-9-13(11(2)18-10)14(16)15(17-3)12-7-5-4-6-8-12;1-9-10(2)17-11(3)13(9)14(16)15-12-7-5-4-6-8-12/h9,12H,4-8H2,1-3H3;4-8H,1-3H3,(H,15,16). The number of hydroxylamine groups is 2. The SMILES string of the molecule is CON(C(=O)c1cc(C)oc1C)C1CCCCC1.Cc1oc(C)c(C(=O)Nc2ccccc2)c1C. The van der Waals surface area contributed by atoms with Crippen LogP contribution >= 0.6 is 0 Å². The molecular weight excluding hydrogens is 444 g/mol. The first-order valence-electron chi connectivity index (χ1n) is 12.1. The summed E-state index contributed by atoms with van der Waals surface area (Å²) in [7, 11) is 1.56. The van der Waals surface area contributed by atoms with E-state index in [9.17, 15) is 9.59 Å². The Morgan fingerprint density at radius 1 is 0.914 bits per heavy atom. The highest BCUT2D eigenvalue weighted by Gasteiger charge is 2.28. The molecular formula is C28H36N2O5. The van der Waals surface area contributed by atoms with E-state index in [1.807, 2.05) is 58.0 Å². The average Bonchev–Trinajstić information content (AvgIpc) is 3.31. The maximum absolute atomic E-state index is 12.5. The van der Waals surface area contributed by atoms with E-state index < -0.39 is 0 Å². The number of para-hydroxylation sites is 1. The Hall–Kier alpha value is -3.32. The molecule has 1 aromatic carbocycles. The lowest BCUT2D eigenvalue weighted by Crippen LogP contribution is -2.40. The van der Waals surface area contributed by atoms with Gasteiger partial charge >= 0.3 is 0 Å². The number of hydrogen-bond acceptors (Lipinski definition) is 5. The van der Waals surface area contributed by atoms with Crippen molar-refractivity contribution in [3.05, 3.63) is 76.1 Å². The molecule has 3 aromatic rings. The van der Waals surface area contributed by atoms with Gasteiger partial charge in [0.2, 0.25) is 0 Å². The molecule has 1 aliphatic carbocycles. The van der Waals surface area contributed by atoms with Crippen molar-refractivity contribution >= 4 is 17.5 Å². The number of carbonyl (C=O) groups excluding carboxylic acids is 2. The van der Waals surface area contributed by atoms with Gasteiger partial charge in [0.15, 0.2) is 0 Å². The van der Waals surface area contributed by atoms with Crippen molar-refractivity contribution in [1.82, 2.24) is 5.06 Å². The number of rotatable bonds is 5. The quantitative estimate of drug-likeness (QED) is 0.411. The van der Waals surface area contributed by atoms with E-state index in [1.54, 1.807) is 20.1 Å². The highest BCUT2D eigenvalue weighted by Crippen LogP contribution is 2.26. The molecule has 2 amide bonds. The lowest BCUT2D eigenvalue weighted by Gasteiger charge is -2.31. The Bertz CT molecular complexity index is 1140. The van der Waals surface area contributed by atoms with Crippen LogP contribution in [0, 0.1) is 34.6 Å². The van der Waals surface area contributed by atoms with Crippen LogP contribution in [-0.2, 0) is 4.84 Å². The summed E-state index contributed by atoms with van der Waals surface area (Å²) in [5.74, 6) is 2.67. The fourth-order valence-corrected chi connectivity index (χ4v) is 4.52. The van der Waals surface area contributed by atoms with Gasteiger partial charge in [0.25, 0.3) is 11.8 Å². The summed E-state index contributed by atoms with van der Waals surface area (Å²) in [6.07, 6.45) is 5.64. The Morgan fingerprint density at radius 2 is 1.57 bits per heavy atom. The van der Waals surface area contributed by atoms with Gasteiger partial charge in [-0.1, -0.05) is 37.5 Å². The summed E-state index contributed by atoms with van der Waals surface area (Å²) < 4.78 is 10.9. The Labute approximate surface area is 207 Å². The van der Waals surface area contributed by atoms with Crippen LogP contribution in [0.15, 0.2) is 45.2 Å². The van der Waals surface area contributed by atoms with E-state index in [1.165, 1.54) is 24.3 Å². The number of benzene rings is 1. The van der Waals surface area contributed by atoms with Gasteiger partial charge in [-0.3, -0.25) is 14.4 Å². The first kappa shape index (κ1) is 26.3. The van der Waals surface area contributed by atoms with Crippen molar-refractivity contribution in [2.45, 2.75) is 72.8 Å². The normalized spacial score (nSPS) is 13.7. The van der Waals surface area contributed by atoms with E-state index >= 15 is 0 Å². The first-order chi connectivity index (χ1) is 16.7. The number of furan rings is 2. The van der Waals surface area contributed by atoms with E-state index in [-0.39, 0.29) is 17.9 Å². The third kappa shape index (κ3) is 6.42. The van der Waals surface area contributed by atoms with E-state index in [0.29, 0.717) is 22.6 Å². The van der Waals surface area contributed by atoms with E-state index in [2.05, 4.69) is 5.32 Å². The molecule has 0 saturated heterocycles. The van der Waals surface area contributed by atoms with Gasteiger partial charge in [-0.25, -0.2) is 5.06 Å². The molecule has 0 atom stereocenters. The maximum atomic E-state index is 12.5. The summed E-state index contributed by atoms with van der Waals surface area (Å²) >= 11 is 0. The molecule has 0 unspecified atom stereocenters. The number of carbonyl (C=O) groups is 2. The van der Waals surface area contributed by atoms with Crippen LogP contribution in [0.5, 0.6) is 0 Å². The van der Waals surface area contributed by atoms with Crippen molar-refractivity contribution in [3.63, 3.8) is 0 Å². The molecule has 1 aliphatic rings. The van der Waals surface area contributed by atoms with Crippen LogP contribution in [-0.4, -0.2) is 30.0 Å². The molecule has 0 bridgehead atoms. The largest absolute Gasteiger partial charge is 0.466 e. The summed E-state index contributed by atoms with van der Waals surface area (Å²) in [5, 5.41) is 4.38. The van der Waals surface area contributed by atoms with Gasteiger partial charge < -0.3 is 14.2 Å². The second-order valence-electron chi connectivity index (χ2n) is 8.97. The Balaban J connectivity index is 0.000000196. The highest BCUT2D eigenvalue weighted by atomic mass is 16.7. The fourth-order valence-electron chi connectivity index (χ4n) is 4.52. The minimum Gasteiger partial charge on any atom is -0.466 e. The Kier molecular flexibility index (Phi) is 8.93. The number of anilines is 1. The van der Waals surface area contributed by atoms with E-state index in [4.69, 9.17) is 13.7 Å². The smallest absolute Gasteiger partial charge is 0.281 e. The van der Waals surface area contributed by atoms with Crippen molar-refractivity contribution in [2.24, 2.45) is 0 Å². The molecule has 4 rings (SSSR count). The van der Waals surface area contributed by atoms with Crippen LogP contribution in [0.4, 0.5) is 5.69 Å². The van der Waals surface area contributed by atoms with Gasteiger partial charge in [-0.2, -0.15) is 0 Å². The van der Waals surface area contributed by atoms with Crippen LogP contribution in [0.1, 0.15) is 81.4 Å². The summed E-state index contributed by atoms with van der Waals surface area (Å²) in [4.78, 5) is 29.9. The van der Waals surface area contributed by atoms with E-state index in [0.717, 1.165) is 35.6 Å². The monoisotopic (exact) mass is 480 g/mol. The number of amides is 2. The molecule has 1 saturated carbocycles. The minimum atomic E-state index is -0.122. The van der Waals surface area contributed by atoms with Crippen molar-refractivity contribution in [2.75, 3.05) is 12.4 Å². The zero-order chi connectivity index (χ0) is 25.5. The number of nitrogens with zero attached hydrogens (tertiary/aromatic N) is 1. The van der Waals surface area contributed by atoms with Crippen molar-refractivity contribution < 1.29 is 23.3 Å². The second kappa shape index (κ2) is 11.9. The molecule has 7 nitrogen and oxygen atoms in total. The van der Waals surface area contributed by atoms with Gasteiger partial charge in [-0.15, -0.1) is 0 Å². The molecule has 2 aromatic heterocycles. The van der Waals surface area contributed by atoms with Crippen LogP contribution in [0.2, 0.25) is 0 Å². The second-order valence-corrected chi connectivity index (χ2v) is 8.97. The van der Waals surface area contributed by atoms with Gasteiger partial charge in [0.05, 0.1) is 24.3 Å². The third-order valence-corrected chi connectivity index (χ3v) is 6.39. The summed E-state index contributed by atoms with van der Waals surface area (Å²) in [5.41, 5.74) is 2.93. The number of hydrogen-bond donors (Lipinski definition) is 1. The molecule has 0 spiro atoms. The lowest BCUT2D eigenvalue weighted by atomic mass is 9.95. The zero-order valence-electron chi connectivity index (χ0n) is 21.6. The van der Waals surface area contributed by atoms with Gasteiger partial charge in [0.1, 0.15) is 23.0 Å². The van der Waals surface area contributed by atoms with Crippen LogP contribution < -0.4 is 5.32 Å². The molecule has 0 aliphatic heterocycles. The molecule has 1 N–H and O–H groups in total. The van der Waals surface area contributed by atoms with Gasteiger partial charge in [0, 0.05) is 11.3 Å². The Morgan fingerprint density at radius 3 is 2.09 bits per heavy atom. The number of nitrogens with one attached hydrogen (secondary N) is 1. The number of aryl methyl sites for hydroxylation is 4. The van der Waals surface area contributed by atoms with Crippen molar-refractivity contribution in [3.8, 4) is 0 Å². The fraction of sp³-hybridized carbons (Fsp3) is 0.429. The molecule has 1 fully saturated rings. The lowest BCUT2D eigenvalue weighted by molar-refractivity contribution is -0.129. The maximum Gasteiger partial charge on any atom is 0.281 e. The minimum absolute atomic E-state index is 0.0845. The molecule has 7 heteroatoms. The highest BCUT2D eigenvalue weighted by molar-refractivity contribution is 6.06. The molecule has 0 radical (unpaired) electrons. The van der Waals surface area contributed by atoms with Crippen LogP contribution in [0.3, 0.4) is 0 Å². The van der Waals surface area contributed by atoms with Crippen molar-refractivity contribution in [1.29, 1.82) is 0 Å². The third-order valence-electron chi connectivity index (χ3n) is 6.39. The van der Waals surface area contributed by atoms with Gasteiger partial charge in [-0.05, 0) is 65.7 Å². The molecule has 35 heavy (non-hydrogen) atoms. The molecule has 2 heterocycles. The predicted molar refractivity (Wildman–Crippen MR) is 136 cm³/mol.